The van der Waals surface area contributed by atoms with Gasteiger partial charge in [-0.2, -0.15) is 0 Å². The van der Waals surface area contributed by atoms with E-state index in [4.69, 9.17) is 5.11 Å². The van der Waals surface area contributed by atoms with Crippen molar-refractivity contribution in [1.82, 2.24) is 4.90 Å². The minimum absolute atomic E-state index is 0.0721. The molecule has 5 nitrogen and oxygen atoms in total. The normalized spacial score (nSPS) is 18.4. The van der Waals surface area contributed by atoms with Crippen molar-refractivity contribution < 1.29 is 19.8 Å². The van der Waals surface area contributed by atoms with Gasteiger partial charge < -0.3 is 15.1 Å². The monoisotopic (exact) mass is 349 g/mol. The van der Waals surface area contributed by atoms with Crippen LogP contribution < -0.4 is 0 Å². The summed E-state index contributed by atoms with van der Waals surface area (Å²) in [6.07, 6.45) is 10.3. The van der Waals surface area contributed by atoms with Crippen molar-refractivity contribution in [3.63, 3.8) is 0 Å². The molecule has 25 heavy (non-hydrogen) atoms. The summed E-state index contributed by atoms with van der Waals surface area (Å²) in [6.45, 7) is 2.71. The molecule has 0 unspecified atom stereocenters. The van der Waals surface area contributed by atoms with Gasteiger partial charge in [0.25, 0.3) is 0 Å². The Labute approximate surface area is 151 Å². The van der Waals surface area contributed by atoms with Crippen molar-refractivity contribution in [2.24, 2.45) is 0 Å². The Kier molecular flexibility index (Phi) is 10.7. The van der Waals surface area contributed by atoms with Crippen LogP contribution in [0.2, 0.25) is 0 Å². The lowest BCUT2D eigenvalue weighted by molar-refractivity contribution is -0.137. The van der Waals surface area contributed by atoms with Crippen LogP contribution in [0.1, 0.15) is 71.1 Å². The summed E-state index contributed by atoms with van der Waals surface area (Å²) in [5.41, 5.74) is 0. The van der Waals surface area contributed by atoms with Crippen molar-refractivity contribution >= 4 is 11.9 Å². The highest BCUT2D eigenvalue weighted by Gasteiger charge is 2.28. The highest BCUT2D eigenvalue weighted by molar-refractivity contribution is 5.79. The van der Waals surface area contributed by atoms with Crippen LogP contribution in [-0.4, -0.2) is 45.7 Å². The van der Waals surface area contributed by atoms with Crippen molar-refractivity contribution in [2.75, 3.05) is 6.54 Å². The molecule has 1 aliphatic heterocycles. The number of nitrogens with zero attached hydrogens (tertiary/aromatic N) is 1. The first kappa shape index (κ1) is 21.2. The summed E-state index contributed by atoms with van der Waals surface area (Å²) in [7, 11) is 0. The number of aliphatic hydroxyl groups excluding tert-OH is 1. The number of carbonyl (C=O) groups excluding carboxylic acids is 1. The molecule has 2 N–H and O–H groups in total. The van der Waals surface area contributed by atoms with Crippen LogP contribution in [0.15, 0.2) is 12.2 Å². The quantitative estimate of drug-likeness (QED) is 0.341. The maximum Gasteiger partial charge on any atom is 0.303 e. The van der Waals surface area contributed by atoms with Crippen LogP contribution in [0.4, 0.5) is 0 Å². The van der Waals surface area contributed by atoms with Gasteiger partial charge in [-0.25, -0.2) is 0 Å². The molecule has 140 valence electrons. The van der Waals surface area contributed by atoms with Crippen LogP contribution in [0.25, 0.3) is 0 Å². The molecule has 0 aromatic heterocycles. The zero-order valence-electron chi connectivity index (χ0n) is 15.2. The van der Waals surface area contributed by atoms with Gasteiger partial charge >= 0.3 is 5.97 Å². The largest absolute Gasteiger partial charge is 0.481 e. The predicted molar refractivity (Wildman–Crippen MR) is 97.9 cm³/mol. The molecule has 2 atom stereocenters. The number of carbonyl (C=O) groups is 2. The Bertz CT molecular complexity index is 504. The van der Waals surface area contributed by atoms with Crippen LogP contribution in [0, 0.1) is 11.8 Å². The number of aliphatic carboxylic acids is 1. The molecule has 1 aliphatic rings. The van der Waals surface area contributed by atoms with Gasteiger partial charge in [-0.05, 0) is 25.7 Å². The molecule has 0 radical (unpaired) electrons. The minimum atomic E-state index is -0.751. The summed E-state index contributed by atoms with van der Waals surface area (Å²) in [4.78, 5) is 24.4. The molecule has 0 aliphatic carbocycles. The lowest BCUT2D eigenvalue weighted by Gasteiger charge is -2.22. The molecule has 1 rings (SSSR count). The van der Waals surface area contributed by atoms with Gasteiger partial charge in [0.2, 0.25) is 5.91 Å². The van der Waals surface area contributed by atoms with E-state index in [2.05, 4.69) is 11.8 Å². The van der Waals surface area contributed by atoms with Gasteiger partial charge in [0.1, 0.15) is 0 Å². The van der Waals surface area contributed by atoms with Gasteiger partial charge in [-0.1, -0.05) is 31.9 Å². The summed E-state index contributed by atoms with van der Waals surface area (Å²) < 4.78 is 0. The van der Waals surface area contributed by atoms with Gasteiger partial charge in [0.15, 0.2) is 0 Å². The minimum Gasteiger partial charge on any atom is -0.481 e. The SMILES string of the molecule is CCC#CCC[C@@H](O)/C=C/[C@H]1CCC(=O)N1CCCCCCC(=O)O. The van der Waals surface area contributed by atoms with E-state index < -0.39 is 12.1 Å². The average molecular weight is 349 g/mol. The molecule has 0 saturated carbocycles. The predicted octanol–water partition coefficient (Wildman–Crippen LogP) is 3.12. The fourth-order valence-corrected chi connectivity index (χ4v) is 2.94. The number of hydrogen-bond acceptors (Lipinski definition) is 3. The van der Waals surface area contributed by atoms with Crippen LogP contribution in [0.3, 0.4) is 0 Å². The van der Waals surface area contributed by atoms with E-state index in [9.17, 15) is 14.7 Å². The second kappa shape index (κ2) is 12.5. The first-order valence-corrected chi connectivity index (χ1v) is 9.38. The Morgan fingerprint density at radius 1 is 1.32 bits per heavy atom. The third kappa shape index (κ3) is 9.31. The third-order valence-corrected chi connectivity index (χ3v) is 4.34. The second-order valence-electron chi connectivity index (χ2n) is 6.45. The molecule has 1 heterocycles. The Balaban J connectivity index is 2.31. The fraction of sp³-hybridized carbons (Fsp3) is 0.700. The molecule has 1 saturated heterocycles. The van der Waals surface area contributed by atoms with E-state index in [1.807, 2.05) is 17.9 Å². The van der Waals surface area contributed by atoms with Gasteiger partial charge in [-0.3, -0.25) is 9.59 Å². The van der Waals surface area contributed by atoms with Crippen molar-refractivity contribution in [3.05, 3.63) is 12.2 Å². The number of unbranched alkanes of at least 4 members (excludes halogenated alkanes) is 3. The van der Waals surface area contributed by atoms with E-state index in [0.29, 0.717) is 32.2 Å². The number of likely N-dealkylation sites (tertiary alicyclic amines) is 1. The summed E-state index contributed by atoms with van der Waals surface area (Å²) >= 11 is 0. The van der Waals surface area contributed by atoms with E-state index in [0.717, 1.165) is 32.1 Å². The zero-order valence-corrected chi connectivity index (χ0v) is 15.2. The standard InChI is InChI=1S/C20H31NO4/c1-2-3-4-7-10-18(22)14-12-17-13-15-19(23)21(17)16-9-6-5-8-11-20(24)25/h12,14,17-18,22H,2,5-11,13,15-16H2,1H3,(H,24,25)/b14-12+/t17-,18+/m0/s1. The molecule has 1 fully saturated rings. The highest BCUT2D eigenvalue weighted by atomic mass is 16.4. The second-order valence-corrected chi connectivity index (χ2v) is 6.45. The molecule has 0 aromatic carbocycles. The van der Waals surface area contributed by atoms with E-state index in [1.54, 1.807) is 6.08 Å². The highest BCUT2D eigenvalue weighted by Crippen LogP contribution is 2.21. The van der Waals surface area contributed by atoms with Gasteiger partial charge in [-0.15, -0.1) is 11.8 Å². The van der Waals surface area contributed by atoms with Crippen LogP contribution >= 0.6 is 0 Å². The first-order chi connectivity index (χ1) is 12.0. The van der Waals surface area contributed by atoms with Crippen molar-refractivity contribution in [3.8, 4) is 11.8 Å². The van der Waals surface area contributed by atoms with Gasteiger partial charge in [0.05, 0.1) is 12.1 Å². The smallest absolute Gasteiger partial charge is 0.303 e. The van der Waals surface area contributed by atoms with Crippen LogP contribution in [-0.2, 0) is 9.59 Å². The van der Waals surface area contributed by atoms with Crippen LogP contribution in [0.5, 0.6) is 0 Å². The lowest BCUT2D eigenvalue weighted by Crippen LogP contribution is -2.32. The third-order valence-electron chi connectivity index (χ3n) is 4.34. The topological polar surface area (TPSA) is 77.8 Å². The summed E-state index contributed by atoms with van der Waals surface area (Å²) in [6, 6.07) is 0.0721. The molecule has 0 bridgehead atoms. The number of rotatable bonds is 11. The zero-order chi connectivity index (χ0) is 18.5. The Morgan fingerprint density at radius 3 is 2.80 bits per heavy atom. The molecule has 0 aromatic rings. The fourth-order valence-electron chi connectivity index (χ4n) is 2.94. The molecular formula is C20H31NO4. The van der Waals surface area contributed by atoms with Crippen molar-refractivity contribution in [1.29, 1.82) is 0 Å². The molecule has 1 amide bonds. The summed E-state index contributed by atoms with van der Waals surface area (Å²) in [5.74, 6) is 5.42. The molecular weight excluding hydrogens is 318 g/mol. The van der Waals surface area contributed by atoms with Gasteiger partial charge in [0, 0.05) is 32.2 Å². The Morgan fingerprint density at radius 2 is 2.08 bits per heavy atom. The lowest BCUT2D eigenvalue weighted by atomic mass is 10.1. The maximum absolute atomic E-state index is 12.0. The van der Waals surface area contributed by atoms with E-state index in [1.165, 1.54) is 0 Å². The summed E-state index contributed by atoms with van der Waals surface area (Å²) in [5, 5.41) is 18.6. The molecule has 0 spiro atoms. The first-order valence-electron chi connectivity index (χ1n) is 9.38. The number of amides is 1. The maximum atomic E-state index is 12.0. The Hall–Kier alpha value is -1.80. The number of carboxylic acids is 1. The van der Waals surface area contributed by atoms with Crippen molar-refractivity contribution in [2.45, 2.75) is 83.3 Å². The van der Waals surface area contributed by atoms with E-state index in [-0.39, 0.29) is 18.4 Å². The number of aliphatic hydroxyl groups is 1. The van der Waals surface area contributed by atoms with E-state index >= 15 is 0 Å². The number of carboxylic acid groups (broad SMARTS) is 1. The molecule has 5 heteroatoms. The number of hydrogen-bond donors (Lipinski definition) is 2. The average Bonchev–Trinajstić information content (AvgIpc) is 2.93.